The van der Waals surface area contributed by atoms with Crippen molar-refractivity contribution in [2.45, 2.75) is 57.2 Å². The van der Waals surface area contributed by atoms with Crippen LogP contribution in [-0.2, 0) is 16.1 Å². The van der Waals surface area contributed by atoms with Crippen LogP contribution >= 0.6 is 0 Å². The number of unbranched alkanes of at least 4 members (excludes halogenated alkanes) is 2. The van der Waals surface area contributed by atoms with Crippen LogP contribution in [0.4, 0.5) is 5.95 Å². The van der Waals surface area contributed by atoms with E-state index in [1.54, 1.807) is 0 Å². The Kier molecular flexibility index (Phi) is 8.15. The van der Waals surface area contributed by atoms with Crippen molar-refractivity contribution >= 4 is 29.1 Å². The zero-order chi connectivity index (χ0) is 20.5. The number of aryl methyl sites for hydroxylation is 1. The summed E-state index contributed by atoms with van der Waals surface area (Å²) in [5.74, 6) is -1.32. The summed E-state index contributed by atoms with van der Waals surface area (Å²) in [5.41, 5.74) is 12.7. The number of carboxylic acids is 2. The Morgan fingerprint density at radius 3 is 2.46 bits per heavy atom. The minimum Gasteiger partial charge on any atom is -0.480 e. The number of pyridine rings is 1. The molecule has 2 aromatic rings. The number of aromatic nitrogens is 3. The van der Waals surface area contributed by atoms with Crippen LogP contribution in [0, 0.1) is 0 Å². The largest absolute Gasteiger partial charge is 0.480 e. The minimum absolute atomic E-state index is 0.397. The fourth-order valence-corrected chi connectivity index (χ4v) is 2.89. The lowest BCUT2D eigenvalue weighted by molar-refractivity contribution is -0.673. The standard InChI is InChI=1S/C18H28N6O4/c19-12(16(25)26)6-2-1-3-10-24-11-5-8-14-15(24)23-18(22-14)21-9-4-7-13(20)17(27)28/h5,8,11-13H,1-4,6-7,9-10,19-20H2,(H3,21,22,25,26,27,28)/p+1. The quantitative estimate of drug-likeness (QED) is 0.210. The molecule has 0 saturated carbocycles. The van der Waals surface area contributed by atoms with Crippen LogP contribution in [-0.4, -0.2) is 50.7 Å². The van der Waals surface area contributed by atoms with Crippen molar-refractivity contribution in [3.05, 3.63) is 18.3 Å². The first-order chi connectivity index (χ1) is 13.4. The topological polar surface area (TPSA) is 171 Å². The number of nitrogens with two attached hydrogens (primary N) is 2. The Labute approximate surface area is 162 Å². The summed E-state index contributed by atoms with van der Waals surface area (Å²) in [6.07, 6.45) is 6.03. The van der Waals surface area contributed by atoms with Crippen LogP contribution in [0.5, 0.6) is 0 Å². The molecule has 0 fully saturated rings. The van der Waals surface area contributed by atoms with Crippen LogP contribution in [0.25, 0.3) is 11.2 Å². The molecule has 2 rings (SSSR count). The normalized spacial score (nSPS) is 13.4. The number of nitrogens with one attached hydrogen (secondary N) is 2. The van der Waals surface area contributed by atoms with E-state index in [1.807, 2.05) is 18.3 Å². The number of hydrogen-bond donors (Lipinski definition) is 6. The number of rotatable bonds is 13. The van der Waals surface area contributed by atoms with E-state index < -0.39 is 24.0 Å². The van der Waals surface area contributed by atoms with E-state index in [-0.39, 0.29) is 0 Å². The Balaban J connectivity index is 1.82. The van der Waals surface area contributed by atoms with Gasteiger partial charge in [-0.2, -0.15) is 0 Å². The smallest absolute Gasteiger partial charge is 0.351 e. The Morgan fingerprint density at radius 1 is 1.11 bits per heavy atom. The summed E-state index contributed by atoms with van der Waals surface area (Å²) in [4.78, 5) is 29.2. The van der Waals surface area contributed by atoms with Gasteiger partial charge < -0.3 is 27.0 Å². The zero-order valence-electron chi connectivity index (χ0n) is 15.8. The van der Waals surface area contributed by atoms with Gasteiger partial charge in [-0.25, -0.2) is 4.57 Å². The second-order valence-corrected chi connectivity index (χ2v) is 6.83. The van der Waals surface area contributed by atoms with E-state index in [0.29, 0.717) is 31.8 Å². The molecule has 0 aromatic carbocycles. The first-order valence-electron chi connectivity index (χ1n) is 9.47. The molecule has 10 heteroatoms. The predicted molar refractivity (Wildman–Crippen MR) is 104 cm³/mol. The SMILES string of the molecule is NC(CCCCC[n+]1cccc2[nH]c(NCCCC(N)C(=O)O)nc21)C(=O)O. The summed E-state index contributed by atoms with van der Waals surface area (Å²) in [5, 5.41) is 20.7. The van der Waals surface area contributed by atoms with Gasteiger partial charge in [-0.05, 0) is 49.2 Å². The summed E-state index contributed by atoms with van der Waals surface area (Å²) < 4.78 is 2.05. The molecule has 0 aliphatic heterocycles. The highest BCUT2D eigenvalue weighted by Gasteiger charge is 2.16. The number of fused-ring (bicyclic) bond motifs is 1. The van der Waals surface area contributed by atoms with Crippen molar-refractivity contribution in [2.24, 2.45) is 11.5 Å². The summed E-state index contributed by atoms with van der Waals surface area (Å²) in [6.45, 7) is 1.35. The molecule has 8 N–H and O–H groups in total. The highest BCUT2D eigenvalue weighted by atomic mass is 16.4. The van der Waals surface area contributed by atoms with Gasteiger partial charge in [0.25, 0.3) is 0 Å². The Morgan fingerprint density at radius 2 is 1.79 bits per heavy atom. The van der Waals surface area contributed by atoms with E-state index in [1.165, 1.54) is 0 Å². The fraction of sp³-hybridized carbons (Fsp3) is 0.556. The molecule has 0 aliphatic rings. The van der Waals surface area contributed by atoms with E-state index in [2.05, 4.69) is 19.9 Å². The van der Waals surface area contributed by atoms with Gasteiger partial charge >= 0.3 is 23.5 Å². The number of imidazole rings is 1. The van der Waals surface area contributed by atoms with Gasteiger partial charge in [-0.3, -0.25) is 14.6 Å². The minimum atomic E-state index is -0.991. The second kappa shape index (κ2) is 10.6. The molecular weight excluding hydrogens is 364 g/mol. The maximum atomic E-state index is 10.7. The third kappa shape index (κ3) is 6.46. The fourth-order valence-electron chi connectivity index (χ4n) is 2.89. The van der Waals surface area contributed by atoms with Gasteiger partial charge in [0, 0.05) is 6.54 Å². The molecule has 2 unspecified atom stereocenters. The van der Waals surface area contributed by atoms with Crippen molar-refractivity contribution in [1.82, 2.24) is 9.97 Å². The number of nitrogens with zero attached hydrogens (tertiary/aromatic N) is 2. The second-order valence-electron chi connectivity index (χ2n) is 6.83. The van der Waals surface area contributed by atoms with Crippen LogP contribution < -0.4 is 21.4 Å². The molecule has 0 bridgehead atoms. The molecule has 10 nitrogen and oxygen atoms in total. The van der Waals surface area contributed by atoms with Crippen molar-refractivity contribution in [3.8, 4) is 0 Å². The molecule has 0 amide bonds. The van der Waals surface area contributed by atoms with Crippen LogP contribution in [0.3, 0.4) is 0 Å². The lowest BCUT2D eigenvalue weighted by Crippen LogP contribution is -2.34. The zero-order valence-corrected chi connectivity index (χ0v) is 15.8. The average molecular weight is 393 g/mol. The van der Waals surface area contributed by atoms with Crippen molar-refractivity contribution < 1.29 is 24.4 Å². The Hall–Kier alpha value is -2.72. The third-order valence-corrected chi connectivity index (χ3v) is 4.55. The first-order valence-corrected chi connectivity index (χ1v) is 9.47. The molecule has 2 heterocycles. The monoisotopic (exact) mass is 393 g/mol. The van der Waals surface area contributed by atoms with E-state index in [9.17, 15) is 9.59 Å². The summed E-state index contributed by atoms with van der Waals surface area (Å²) in [6, 6.07) is 2.25. The van der Waals surface area contributed by atoms with E-state index >= 15 is 0 Å². The van der Waals surface area contributed by atoms with Gasteiger partial charge in [0.05, 0.1) is 12.7 Å². The van der Waals surface area contributed by atoms with Gasteiger partial charge in [0.2, 0.25) is 0 Å². The highest BCUT2D eigenvalue weighted by Crippen LogP contribution is 2.11. The van der Waals surface area contributed by atoms with E-state index in [4.69, 9.17) is 21.7 Å². The van der Waals surface area contributed by atoms with Gasteiger partial charge in [0.15, 0.2) is 0 Å². The highest BCUT2D eigenvalue weighted by molar-refractivity contribution is 5.73. The number of hydrogen-bond acceptors (Lipinski definition) is 6. The van der Waals surface area contributed by atoms with Crippen molar-refractivity contribution in [2.75, 3.05) is 11.9 Å². The lowest BCUT2D eigenvalue weighted by Gasteiger charge is -2.05. The first kappa shape index (κ1) is 21.6. The number of anilines is 1. The van der Waals surface area contributed by atoms with Crippen LogP contribution in [0.1, 0.15) is 38.5 Å². The van der Waals surface area contributed by atoms with Crippen LogP contribution in [0.15, 0.2) is 18.3 Å². The number of aromatic amines is 1. The number of aliphatic carboxylic acids is 2. The summed E-state index contributed by atoms with van der Waals surface area (Å²) in [7, 11) is 0. The maximum Gasteiger partial charge on any atom is 0.351 e. The van der Waals surface area contributed by atoms with Gasteiger partial charge in [-0.15, -0.1) is 0 Å². The number of carboxylic acid groups (broad SMARTS) is 2. The van der Waals surface area contributed by atoms with Gasteiger partial charge in [-0.1, -0.05) is 6.42 Å². The van der Waals surface area contributed by atoms with E-state index in [0.717, 1.165) is 37.0 Å². The number of carbonyl (C=O) groups is 2. The maximum absolute atomic E-state index is 10.7. The molecule has 2 atom stereocenters. The summed E-state index contributed by atoms with van der Waals surface area (Å²) >= 11 is 0. The Bertz CT molecular complexity index is 793. The molecule has 28 heavy (non-hydrogen) atoms. The third-order valence-electron chi connectivity index (χ3n) is 4.55. The molecular formula is C18H29N6O4+. The molecule has 0 saturated heterocycles. The number of H-pyrrole nitrogens is 1. The molecule has 0 spiro atoms. The average Bonchev–Trinajstić information content (AvgIpc) is 3.08. The molecule has 154 valence electrons. The molecule has 2 aromatic heterocycles. The lowest BCUT2D eigenvalue weighted by atomic mass is 10.1. The van der Waals surface area contributed by atoms with Crippen molar-refractivity contribution in [3.63, 3.8) is 0 Å². The van der Waals surface area contributed by atoms with Crippen LogP contribution in [0.2, 0.25) is 0 Å². The molecule has 0 aliphatic carbocycles. The van der Waals surface area contributed by atoms with Gasteiger partial charge in [0.1, 0.15) is 17.6 Å². The van der Waals surface area contributed by atoms with Crippen molar-refractivity contribution in [1.29, 1.82) is 0 Å². The molecule has 0 radical (unpaired) electrons. The predicted octanol–water partition coefficient (Wildman–Crippen LogP) is 0.427.